The van der Waals surface area contributed by atoms with Gasteiger partial charge in [0.1, 0.15) is 17.3 Å². The minimum absolute atomic E-state index is 0.00926. The molecule has 19 heavy (non-hydrogen) atoms. The summed E-state index contributed by atoms with van der Waals surface area (Å²) in [6.45, 7) is 1.86. The summed E-state index contributed by atoms with van der Waals surface area (Å²) in [6, 6.07) is 2.03. The van der Waals surface area contributed by atoms with Crippen molar-refractivity contribution >= 4 is 23.4 Å². The smallest absolute Gasteiger partial charge is 0.251 e. The number of anilines is 1. The molecule has 0 spiro atoms. The van der Waals surface area contributed by atoms with Crippen LogP contribution >= 0.6 is 11.8 Å². The zero-order valence-electron chi connectivity index (χ0n) is 11.2. The van der Waals surface area contributed by atoms with E-state index in [-0.39, 0.29) is 17.3 Å². The number of benzene rings is 1. The van der Waals surface area contributed by atoms with Crippen LogP contribution in [0, 0.1) is 11.6 Å². The SMILES string of the molecule is CNc1c(F)cc(C(=O)NC(C)CCSC)cc1F. The predicted molar refractivity (Wildman–Crippen MR) is 75.8 cm³/mol. The molecule has 1 aromatic carbocycles. The quantitative estimate of drug-likeness (QED) is 0.845. The van der Waals surface area contributed by atoms with Gasteiger partial charge in [-0.3, -0.25) is 4.79 Å². The molecule has 6 heteroatoms. The number of hydrogen-bond acceptors (Lipinski definition) is 3. The molecule has 0 aliphatic rings. The average Bonchev–Trinajstić information content (AvgIpc) is 2.35. The Morgan fingerprint density at radius 3 is 2.42 bits per heavy atom. The molecule has 1 aromatic rings. The molecular weight excluding hydrogens is 270 g/mol. The molecule has 0 bridgehead atoms. The Morgan fingerprint density at radius 2 is 1.95 bits per heavy atom. The van der Waals surface area contributed by atoms with Gasteiger partial charge in [0.05, 0.1) is 0 Å². The zero-order valence-corrected chi connectivity index (χ0v) is 12.0. The van der Waals surface area contributed by atoms with Gasteiger partial charge >= 0.3 is 0 Å². The lowest BCUT2D eigenvalue weighted by molar-refractivity contribution is 0.0938. The summed E-state index contributed by atoms with van der Waals surface area (Å²) >= 11 is 1.68. The Morgan fingerprint density at radius 1 is 1.37 bits per heavy atom. The third-order valence-corrected chi connectivity index (χ3v) is 3.33. The highest BCUT2D eigenvalue weighted by Crippen LogP contribution is 2.20. The van der Waals surface area contributed by atoms with Crippen LogP contribution in [-0.2, 0) is 0 Å². The summed E-state index contributed by atoms with van der Waals surface area (Å²) in [5, 5.41) is 5.13. The van der Waals surface area contributed by atoms with Gasteiger partial charge in [-0.1, -0.05) is 0 Å². The summed E-state index contributed by atoms with van der Waals surface area (Å²) in [5.74, 6) is -1.09. The van der Waals surface area contributed by atoms with Gasteiger partial charge in [-0.2, -0.15) is 11.8 Å². The monoisotopic (exact) mass is 288 g/mol. The maximum atomic E-state index is 13.5. The van der Waals surface area contributed by atoms with E-state index in [1.807, 2.05) is 13.2 Å². The molecule has 1 rings (SSSR count). The summed E-state index contributed by atoms with van der Waals surface area (Å²) in [7, 11) is 1.42. The third-order valence-electron chi connectivity index (χ3n) is 2.69. The van der Waals surface area contributed by atoms with E-state index >= 15 is 0 Å². The molecule has 0 aliphatic carbocycles. The van der Waals surface area contributed by atoms with Crippen LogP contribution in [0.5, 0.6) is 0 Å². The Labute approximate surface area is 116 Å². The molecule has 0 aliphatic heterocycles. The molecule has 0 saturated carbocycles. The number of nitrogens with one attached hydrogen (secondary N) is 2. The van der Waals surface area contributed by atoms with Crippen molar-refractivity contribution in [1.82, 2.24) is 5.32 Å². The number of rotatable bonds is 6. The fourth-order valence-electron chi connectivity index (χ4n) is 1.62. The van der Waals surface area contributed by atoms with Crippen molar-refractivity contribution in [3.63, 3.8) is 0 Å². The minimum Gasteiger partial charge on any atom is -0.383 e. The fraction of sp³-hybridized carbons (Fsp3) is 0.462. The van der Waals surface area contributed by atoms with Gasteiger partial charge in [0.2, 0.25) is 0 Å². The van der Waals surface area contributed by atoms with E-state index in [0.717, 1.165) is 24.3 Å². The zero-order chi connectivity index (χ0) is 14.4. The molecule has 2 N–H and O–H groups in total. The van der Waals surface area contributed by atoms with Crippen molar-refractivity contribution in [2.75, 3.05) is 24.4 Å². The van der Waals surface area contributed by atoms with Crippen LogP contribution in [0.3, 0.4) is 0 Å². The van der Waals surface area contributed by atoms with Gasteiger partial charge in [-0.15, -0.1) is 0 Å². The fourth-order valence-corrected chi connectivity index (χ4v) is 2.21. The van der Waals surface area contributed by atoms with Gasteiger partial charge in [0.25, 0.3) is 5.91 Å². The third kappa shape index (κ3) is 4.38. The first kappa shape index (κ1) is 15.8. The summed E-state index contributed by atoms with van der Waals surface area (Å²) in [6.07, 6.45) is 2.79. The minimum atomic E-state index is -0.774. The van der Waals surface area contributed by atoms with Gasteiger partial charge in [-0.25, -0.2) is 8.78 Å². The van der Waals surface area contributed by atoms with Crippen LogP contribution in [0.25, 0.3) is 0 Å². The van der Waals surface area contributed by atoms with E-state index in [4.69, 9.17) is 0 Å². The molecule has 1 unspecified atom stereocenters. The molecule has 0 fully saturated rings. The number of amides is 1. The normalized spacial score (nSPS) is 12.1. The Hall–Kier alpha value is -1.30. The first-order chi connectivity index (χ1) is 8.99. The second kappa shape index (κ2) is 7.33. The summed E-state index contributed by atoms with van der Waals surface area (Å²) < 4.78 is 27.1. The Bertz CT molecular complexity index is 431. The van der Waals surface area contributed by atoms with Crippen molar-refractivity contribution in [2.24, 2.45) is 0 Å². The molecule has 0 saturated heterocycles. The van der Waals surface area contributed by atoms with Gasteiger partial charge in [-0.05, 0) is 37.5 Å². The highest BCUT2D eigenvalue weighted by molar-refractivity contribution is 7.98. The van der Waals surface area contributed by atoms with Crippen molar-refractivity contribution < 1.29 is 13.6 Å². The maximum absolute atomic E-state index is 13.5. The number of hydrogen-bond donors (Lipinski definition) is 2. The Balaban J connectivity index is 2.78. The van der Waals surface area contributed by atoms with Crippen molar-refractivity contribution in [2.45, 2.75) is 19.4 Å². The van der Waals surface area contributed by atoms with Crippen molar-refractivity contribution in [3.8, 4) is 0 Å². The van der Waals surface area contributed by atoms with Crippen LogP contribution in [0.4, 0.5) is 14.5 Å². The molecule has 0 heterocycles. The van der Waals surface area contributed by atoms with Gasteiger partial charge < -0.3 is 10.6 Å². The standard InChI is InChI=1S/C13H18F2N2OS/c1-8(4-5-19-3)17-13(18)9-6-10(14)12(16-2)11(15)7-9/h6-8,16H,4-5H2,1-3H3,(H,17,18). The van der Waals surface area contributed by atoms with Crippen LogP contribution < -0.4 is 10.6 Å². The lowest BCUT2D eigenvalue weighted by atomic mass is 10.1. The van der Waals surface area contributed by atoms with Crippen LogP contribution in [0.2, 0.25) is 0 Å². The van der Waals surface area contributed by atoms with Crippen LogP contribution in [0.1, 0.15) is 23.7 Å². The van der Waals surface area contributed by atoms with Crippen LogP contribution in [0.15, 0.2) is 12.1 Å². The first-order valence-electron chi connectivity index (χ1n) is 5.96. The molecule has 106 valence electrons. The molecule has 1 atom stereocenters. The van der Waals surface area contributed by atoms with E-state index in [1.54, 1.807) is 11.8 Å². The highest BCUT2D eigenvalue weighted by Gasteiger charge is 2.15. The molecular formula is C13H18F2N2OS. The summed E-state index contributed by atoms with van der Waals surface area (Å²) in [4.78, 5) is 11.9. The van der Waals surface area contributed by atoms with Crippen LogP contribution in [-0.4, -0.2) is 31.0 Å². The number of halogens is 2. The average molecular weight is 288 g/mol. The topological polar surface area (TPSA) is 41.1 Å². The van der Waals surface area contributed by atoms with Gasteiger partial charge in [0.15, 0.2) is 0 Å². The number of carbonyl (C=O) groups excluding carboxylic acids is 1. The van der Waals surface area contributed by atoms with Crippen molar-refractivity contribution in [1.29, 1.82) is 0 Å². The maximum Gasteiger partial charge on any atom is 0.251 e. The van der Waals surface area contributed by atoms with E-state index in [0.29, 0.717) is 0 Å². The molecule has 1 amide bonds. The van der Waals surface area contributed by atoms with E-state index < -0.39 is 17.5 Å². The van der Waals surface area contributed by atoms with Gasteiger partial charge in [0, 0.05) is 18.7 Å². The van der Waals surface area contributed by atoms with E-state index in [1.165, 1.54) is 7.05 Å². The van der Waals surface area contributed by atoms with E-state index in [2.05, 4.69) is 10.6 Å². The largest absolute Gasteiger partial charge is 0.383 e. The summed E-state index contributed by atoms with van der Waals surface area (Å²) in [5.41, 5.74) is -0.239. The lowest BCUT2D eigenvalue weighted by Crippen LogP contribution is -2.33. The number of thioether (sulfide) groups is 1. The Kier molecular flexibility index (Phi) is 6.08. The van der Waals surface area contributed by atoms with Crippen molar-refractivity contribution in [3.05, 3.63) is 29.3 Å². The molecule has 0 radical (unpaired) electrons. The highest BCUT2D eigenvalue weighted by atomic mass is 32.2. The second-order valence-electron chi connectivity index (χ2n) is 4.22. The predicted octanol–water partition coefficient (Wildman–Crippen LogP) is 2.88. The second-order valence-corrected chi connectivity index (χ2v) is 5.21. The first-order valence-corrected chi connectivity index (χ1v) is 7.35. The molecule has 0 aromatic heterocycles. The number of carbonyl (C=O) groups is 1. The molecule has 3 nitrogen and oxygen atoms in total. The lowest BCUT2D eigenvalue weighted by Gasteiger charge is -2.14. The van der Waals surface area contributed by atoms with E-state index in [9.17, 15) is 13.6 Å².